The third kappa shape index (κ3) is 2.44. The summed E-state index contributed by atoms with van der Waals surface area (Å²) in [6.45, 7) is 2.38. The number of rotatable bonds is 5. The predicted octanol–water partition coefficient (Wildman–Crippen LogP) is 3.94. The average Bonchev–Trinajstić information content (AvgIpc) is 2.67. The Hall–Kier alpha value is -2.62. The summed E-state index contributed by atoms with van der Waals surface area (Å²) in [5.74, 6) is -3.36. The van der Waals surface area contributed by atoms with Crippen molar-refractivity contribution in [2.75, 3.05) is 6.61 Å². The van der Waals surface area contributed by atoms with E-state index in [-0.39, 0.29) is 17.8 Å². The van der Waals surface area contributed by atoms with Crippen LogP contribution in [0.5, 0.6) is 0 Å². The van der Waals surface area contributed by atoms with Gasteiger partial charge in [0, 0.05) is 11.8 Å². The third-order valence-corrected chi connectivity index (χ3v) is 5.74. The molecule has 0 aromatic heterocycles. The number of benzene rings is 2. The van der Waals surface area contributed by atoms with E-state index < -0.39 is 17.8 Å². The van der Waals surface area contributed by atoms with Gasteiger partial charge in [-0.2, -0.15) is 0 Å². The van der Waals surface area contributed by atoms with Gasteiger partial charge in [0.15, 0.2) is 0 Å². The second-order valence-electron chi connectivity index (χ2n) is 7.12. The number of unbranched alkanes of at least 4 members (excludes halogenated alkanes) is 1. The van der Waals surface area contributed by atoms with Crippen LogP contribution < -0.4 is 0 Å². The highest BCUT2D eigenvalue weighted by Crippen LogP contribution is 2.58. The largest absolute Gasteiger partial charge is 0.481 e. The topological polar surface area (TPSA) is 63.6 Å². The van der Waals surface area contributed by atoms with Crippen LogP contribution in [0.1, 0.15) is 53.9 Å². The molecule has 0 fully saturated rings. The van der Waals surface area contributed by atoms with E-state index in [1.165, 1.54) is 0 Å². The van der Waals surface area contributed by atoms with Crippen molar-refractivity contribution in [1.29, 1.82) is 0 Å². The highest BCUT2D eigenvalue weighted by atomic mass is 16.5. The minimum Gasteiger partial charge on any atom is -0.481 e. The number of esters is 1. The van der Waals surface area contributed by atoms with Crippen LogP contribution in [0.15, 0.2) is 48.5 Å². The zero-order chi connectivity index (χ0) is 18.3. The van der Waals surface area contributed by atoms with Crippen LogP contribution in [0.4, 0.5) is 0 Å². The smallest absolute Gasteiger partial charge is 0.310 e. The van der Waals surface area contributed by atoms with Crippen molar-refractivity contribution in [3.05, 3.63) is 70.8 Å². The van der Waals surface area contributed by atoms with Crippen molar-refractivity contribution >= 4 is 11.9 Å². The van der Waals surface area contributed by atoms with E-state index in [0.29, 0.717) is 6.61 Å². The molecule has 0 amide bonds. The van der Waals surface area contributed by atoms with Gasteiger partial charge >= 0.3 is 11.9 Å². The molecule has 2 atom stereocenters. The van der Waals surface area contributed by atoms with Gasteiger partial charge in [-0.1, -0.05) is 61.9 Å². The van der Waals surface area contributed by atoms with Crippen molar-refractivity contribution in [1.82, 2.24) is 0 Å². The SMILES string of the molecule is CCCCOC(=O)[C@H]1C2c3ccccc3C(c3ccccc32)[C@H]1C(=O)O. The molecule has 0 heterocycles. The van der Waals surface area contributed by atoms with Gasteiger partial charge < -0.3 is 9.84 Å². The maximum atomic E-state index is 12.9. The first-order valence-electron chi connectivity index (χ1n) is 9.22. The maximum Gasteiger partial charge on any atom is 0.310 e. The summed E-state index contributed by atoms with van der Waals surface area (Å²) in [7, 11) is 0. The Morgan fingerprint density at radius 1 is 0.885 bits per heavy atom. The molecule has 0 aliphatic heterocycles. The Bertz CT molecular complexity index is 809. The lowest BCUT2D eigenvalue weighted by Gasteiger charge is -2.47. The number of hydrogen-bond donors (Lipinski definition) is 1. The second kappa shape index (κ2) is 6.60. The monoisotopic (exact) mass is 350 g/mol. The Morgan fingerprint density at radius 3 is 1.77 bits per heavy atom. The van der Waals surface area contributed by atoms with Crippen molar-refractivity contribution in [2.45, 2.75) is 31.6 Å². The number of fused-ring (bicyclic) bond motifs is 1. The number of hydrogen-bond acceptors (Lipinski definition) is 3. The fourth-order valence-corrected chi connectivity index (χ4v) is 4.67. The second-order valence-corrected chi connectivity index (χ2v) is 7.12. The summed E-state index contributed by atoms with van der Waals surface area (Å²) in [6.07, 6.45) is 1.72. The molecule has 1 N–H and O–H groups in total. The molecule has 3 aliphatic rings. The summed E-state index contributed by atoms with van der Waals surface area (Å²) < 4.78 is 5.48. The third-order valence-electron chi connectivity index (χ3n) is 5.74. The number of carbonyl (C=O) groups excluding carboxylic acids is 1. The lowest BCUT2D eigenvalue weighted by Crippen LogP contribution is -2.47. The highest BCUT2D eigenvalue weighted by Gasteiger charge is 2.55. The predicted molar refractivity (Wildman–Crippen MR) is 97.1 cm³/mol. The molecule has 4 heteroatoms. The first-order valence-corrected chi connectivity index (χ1v) is 9.22. The Kier molecular flexibility index (Phi) is 4.27. The van der Waals surface area contributed by atoms with Gasteiger partial charge in [0.1, 0.15) is 0 Å². The first kappa shape index (κ1) is 16.8. The molecule has 2 aromatic rings. The van der Waals surface area contributed by atoms with Crippen molar-refractivity contribution in [3.8, 4) is 0 Å². The van der Waals surface area contributed by atoms with Gasteiger partial charge in [0.2, 0.25) is 0 Å². The number of carboxylic acids is 1. The quantitative estimate of drug-likeness (QED) is 0.655. The molecule has 5 rings (SSSR count). The number of ether oxygens (including phenoxy) is 1. The summed E-state index contributed by atoms with van der Waals surface area (Å²) in [6, 6.07) is 15.8. The Labute approximate surface area is 152 Å². The fourth-order valence-electron chi connectivity index (χ4n) is 4.67. The lowest BCUT2D eigenvalue weighted by atomic mass is 9.54. The molecule has 134 valence electrons. The van der Waals surface area contributed by atoms with Crippen molar-refractivity contribution in [2.24, 2.45) is 11.8 Å². The van der Waals surface area contributed by atoms with Gasteiger partial charge in [-0.25, -0.2) is 0 Å². The molecule has 2 bridgehead atoms. The van der Waals surface area contributed by atoms with Crippen molar-refractivity contribution in [3.63, 3.8) is 0 Å². The van der Waals surface area contributed by atoms with Crippen LogP contribution in [0.2, 0.25) is 0 Å². The zero-order valence-corrected chi connectivity index (χ0v) is 14.7. The molecule has 2 aromatic carbocycles. The summed E-state index contributed by atoms with van der Waals surface area (Å²) in [5, 5.41) is 9.99. The standard InChI is InChI=1S/C22H22O4/c1-2-3-12-26-22(25)20-18-15-10-6-4-8-13(15)17(19(20)21(23)24)14-9-5-7-11-16(14)18/h4-11,17-20H,2-3,12H2,1H3,(H,23,24)/t17?,18?,19-,20+/m1/s1. The molecule has 26 heavy (non-hydrogen) atoms. The summed E-state index contributed by atoms with van der Waals surface area (Å²) in [4.78, 5) is 25.1. The van der Waals surface area contributed by atoms with Crippen LogP contribution in [0.3, 0.4) is 0 Å². The highest BCUT2D eigenvalue weighted by molar-refractivity contribution is 5.87. The van der Waals surface area contributed by atoms with E-state index in [2.05, 4.69) is 0 Å². The van der Waals surface area contributed by atoms with Crippen LogP contribution in [-0.4, -0.2) is 23.7 Å². The van der Waals surface area contributed by atoms with Crippen molar-refractivity contribution < 1.29 is 19.4 Å². The minimum absolute atomic E-state index is 0.261. The molecule has 3 aliphatic carbocycles. The van der Waals surface area contributed by atoms with E-state index in [1.54, 1.807) is 0 Å². The molecule has 4 nitrogen and oxygen atoms in total. The van der Waals surface area contributed by atoms with Gasteiger partial charge in [-0.05, 0) is 28.7 Å². The summed E-state index contributed by atoms with van der Waals surface area (Å²) in [5.41, 5.74) is 4.18. The normalized spacial score (nSPS) is 25.3. The van der Waals surface area contributed by atoms with E-state index in [0.717, 1.165) is 35.1 Å². The molecule has 0 unspecified atom stereocenters. The molecule has 0 saturated carbocycles. The molecule has 0 spiro atoms. The Morgan fingerprint density at radius 2 is 1.35 bits per heavy atom. The van der Waals surface area contributed by atoms with E-state index in [1.807, 2.05) is 55.5 Å². The van der Waals surface area contributed by atoms with E-state index >= 15 is 0 Å². The Balaban J connectivity index is 1.85. The van der Waals surface area contributed by atoms with Crippen LogP contribution in [0, 0.1) is 11.8 Å². The lowest BCUT2D eigenvalue weighted by molar-refractivity contribution is -0.160. The van der Waals surface area contributed by atoms with Gasteiger partial charge in [0.25, 0.3) is 0 Å². The van der Waals surface area contributed by atoms with Crippen LogP contribution in [-0.2, 0) is 14.3 Å². The first-order chi connectivity index (χ1) is 12.6. The minimum atomic E-state index is -0.929. The van der Waals surface area contributed by atoms with Gasteiger partial charge in [-0.3, -0.25) is 9.59 Å². The van der Waals surface area contributed by atoms with Crippen LogP contribution >= 0.6 is 0 Å². The van der Waals surface area contributed by atoms with Gasteiger partial charge in [0.05, 0.1) is 18.4 Å². The van der Waals surface area contributed by atoms with Crippen LogP contribution in [0.25, 0.3) is 0 Å². The molecular formula is C22H22O4. The van der Waals surface area contributed by atoms with E-state index in [9.17, 15) is 14.7 Å². The maximum absolute atomic E-state index is 12.9. The number of carbonyl (C=O) groups is 2. The number of carboxylic acid groups (broad SMARTS) is 1. The zero-order valence-electron chi connectivity index (χ0n) is 14.7. The molecule has 0 saturated heterocycles. The van der Waals surface area contributed by atoms with E-state index in [4.69, 9.17) is 4.74 Å². The molecule has 0 radical (unpaired) electrons. The fraction of sp³-hybridized carbons (Fsp3) is 0.364. The average molecular weight is 350 g/mol. The number of aliphatic carboxylic acids is 1. The molecular weight excluding hydrogens is 328 g/mol. The van der Waals surface area contributed by atoms with Gasteiger partial charge in [-0.15, -0.1) is 0 Å². The summed E-state index contributed by atoms with van der Waals surface area (Å²) >= 11 is 0.